The fourth-order valence-electron chi connectivity index (χ4n) is 5.50. The van der Waals surface area contributed by atoms with E-state index < -0.39 is 5.54 Å². The summed E-state index contributed by atoms with van der Waals surface area (Å²) in [5.41, 5.74) is -0.311. The zero-order chi connectivity index (χ0) is 24.4. The molecule has 4 heterocycles. The summed E-state index contributed by atoms with van der Waals surface area (Å²) >= 11 is 1.63. The Kier molecular flexibility index (Phi) is 6.69. The number of rotatable bonds is 7. The van der Waals surface area contributed by atoms with Gasteiger partial charge in [0.05, 0.1) is 0 Å². The Morgan fingerprint density at radius 1 is 1.14 bits per heavy atom. The molecule has 2 aromatic rings. The normalized spacial score (nSPS) is 22.4. The van der Waals surface area contributed by atoms with Gasteiger partial charge in [0, 0.05) is 30.1 Å². The molecule has 35 heavy (non-hydrogen) atoms. The molecule has 5 rings (SSSR count). The largest absolute Gasteiger partial charge is 0.486 e. The Morgan fingerprint density at radius 3 is 2.63 bits per heavy atom. The van der Waals surface area contributed by atoms with Crippen LogP contribution in [0.15, 0.2) is 35.7 Å². The molecule has 0 spiro atoms. The third-order valence-corrected chi connectivity index (χ3v) is 8.21. The van der Waals surface area contributed by atoms with Crippen molar-refractivity contribution in [1.82, 2.24) is 15.1 Å². The van der Waals surface area contributed by atoms with Gasteiger partial charge in [-0.25, -0.2) is 4.79 Å². The zero-order valence-corrected chi connectivity index (χ0v) is 20.8. The average Bonchev–Trinajstić information content (AvgIpc) is 3.49. The molecular weight excluding hydrogens is 466 g/mol. The van der Waals surface area contributed by atoms with Gasteiger partial charge in [0.1, 0.15) is 18.8 Å². The second-order valence-electron chi connectivity index (χ2n) is 9.36. The van der Waals surface area contributed by atoms with Crippen molar-refractivity contribution in [1.29, 1.82) is 0 Å². The summed E-state index contributed by atoms with van der Waals surface area (Å²) in [6.45, 7) is 4.49. The lowest BCUT2D eigenvalue weighted by molar-refractivity contribution is -0.134. The highest BCUT2D eigenvalue weighted by Crippen LogP contribution is 2.38. The van der Waals surface area contributed by atoms with Crippen molar-refractivity contribution in [2.24, 2.45) is 5.92 Å². The lowest BCUT2D eigenvalue weighted by atomic mass is 9.74. The summed E-state index contributed by atoms with van der Waals surface area (Å²) in [6, 6.07) is 9.00. The summed E-state index contributed by atoms with van der Waals surface area (Å²) in [6.07, 6.45) is 3.40. The summed E-state index contributed by atoms with van der Waals surface area (Å²) in [4.78, 5) is 44.0. The van der Waals surface area contributed by atoms with Gasteiger partial charge in [-0.05, 0) is 61.2 Å². The fraction of sp³-hybridized carbons (Fsp3) is 0.500. The number of hydrogen-bond acceptors (Lipinski definition) is 6. The SMILES string of the molecule is CCCC1(C2CCN(C(=O)c3ccc4c(c3)OCCO4)CC2)NC(=O)N(CCc2cccs2)C1=O. The number of carbonyl (C=O) groups excluding carboxylic acids is 3. The van der Waals surface area contributed by atoms with Gasteiger partial charge in [-0.15, -0.1) is 11.3 Å². The molecule has 0 aliphatic carbocycles. The van der Waals surface area contributed by atoms with E-state index in [0.717, 1.165) is 11.3 Å². The van der Waals surface area contributed by atoms with Crippen molar-refractivity contribution in [3.8, 4) is 11.5 Å². The molecule has 1 N–H and O–H groups in total. The first kappa shape index (κ1) is 23.7. The van der Waals surface area contributed by atoms with Crippen molar-refractivity contribution >= 4 is 29.2 Å². The van der Waals surface area contributed by atoms with Crippen molar-refractivity contribution in [3.05, 3.63) is 46.2 Å². The van der Waals surface area contributed by atoms with Crippen LogP contribution in [0.1, 0.15) is 47.8 Å². The van der Waals surface area contributed by atoms with E-state index >= 15 is 0 Å². The molecule has 1 aromatic carbocycles. The Hall–Kier alpha value is -3.07. The Labute approximate surface area is 209 Å². The van der Waals surface area contributed by atoms with Gasteiger partial charge in [0.2, 0.25) is 0 Å². The van der Waals surface area contributed by atoms with Crippen LogP contribution in [0.3, 0.4) is 0 Å². The number of amides is 4. The van der Waals surface area contributed by atoms with Gasteiger partial charge in [-0.2, -0.15) is 0 Å². The van der Waals surface area contributed by atoms with Gasteiger partial charge in [-0.3, -0.25) is 14.5 Å². The number of benzene rings is 1. The van der Waals surface area contributed by atoms with Crippen LogP contribution in [0.25, 0.3) is 0 Å². The predicted octanol–water partition coefficient (Wildman–Crippen LogP) is 3.70. The third kappa shape index (κ3) is 4.49. The number of ether oxygens (including phenoxy) is 2. The van der Waals surface area contributed by atoms with Crippen molar-refractivity contribution in [2.45, 2.75) is 44.6 Å². The number of carbonyl (C=O) groups is 3. The monoisotopic (exact) mass is 497 g/mol. The van der Waals surface area contributed by atoms with Crippen LogP contribution in [0.4, 0.5) is 4.79 Å². The van der Waals surface area contributed by atoms with Crippen LogP contribution in [-0.4, -0.2) is 66.0 Å². The second-order valence-corrected chi connectivity index (χ2v) is 10.4. The minimum atomic E-state index is -0.882. The van der Waals surface area contributed by atoms with E-state index in [1.165, 1.54) is 4.90 Å². The number of nitrogens with one attached hydrogen (secondary N) is 1. The van der Waals surface area contributed by atoms with E-state index in [9.17, 15) is 14.4 Å². The van der Waals surface area contributed by atoms with Gasteiger partial charge in [-0.1, -0.05) is 19.4 Å². The molecule has 9 heteroatoms. The highest BCUT2D eigenvalue weighted by atomic mass is 32.1. The summed E-state index contributed by atoms with van der Waals surface area (Å²) in [5, 5.41) is 5.09. The lowest BCUT2D eigenvalue weighted by Gasteiger charge is -2.41. The molecular formula is C26H31N3O5S. The maximum Gasteiger partial charge on any atom is 0.325 e. The smallest absolute Gasteiger partial charge is 0.325 e. The molecule has 1 unspecified atom stereocenters. The van der Waals surface area contributed by atoms with Crippen molar-refractivity contribution < 1.29 is 23.9 Å². The Morgan fingerprint density at radius 2 is 1.91 bits per heavy atom. The Bertz CT molecular complexity index is 1100. The van der Waals surface area contributed by atoms with Gasteiger partial charge >= 0.3 is 6.03 Å². The minimum Gasteiger partial charge on any atom is -0.486 e. The molecule has 1 atom stereocenters. The highest BCUT2D eigenvalue weighted by molar-refractivity contribution is 7.09. The number of piperidine rings is 1. The summed E-state index contributed by atoms with van der Waals surface area (Å²) in [5.74, 6) is 1.09. The summed E-state index contributed by atoms with van der Waals surface area (Å²) in [7, 11) is 0. The molecule has 3 aliphatic heterocycles. The van der Waals surface area contributed by atoms with E-state index in [-0.39, 0.29) is 23.8 Å². The number of imide groups is 1. The number of nitrogens with zero attached hydrogens (tertiary/aromatic N) is 2. The molecule has 8 nitrogen and oxygen atoms in total. The number of fused-ring (bicyclic) bond motifs is 1. The van der Waals surface area contributed by atoms with Crippen molar-refractivity contribution in [3.63, 3.8) is 0 Å². The predicted molar refractivity (Wildman–Crippen MR) is 132 cm³/mol. The van der Waals surface area contributed by atoms with E-state index in [4.69, 9.17) is 9.47 Å². The average molecular weight is 498 g/mol. The minimum absolute atomic E-state index is 0.00467. The van der Waals surface area contributed by atoms with Crippen LogP contribution in [0.5, 0.6) is 11.5 Å². The van der Waals surface area contributed by atoms with Gasteiger partial charge < -0.3 is 19.7 Å². The first-order chi connectivity index (χ1) is 17.0. The number of hydrogen-bond donors (Lipinski definition) is 1. The molecule has 1 aromatic heterocycles. The quantitative estimate of drug-likeness (QED) is 0.590. The second kappa shape index (κ2) is 9.89. The highest BCUT2D eigenvalue weighted by Gasteiger charge is 2.55. The maximum atomic E-state index is 13.6. The van der Waals surface area contributed by atoms with Crippen LogP contribution in [-0.2, 0) is 11.2 Å². The molecule has 186 valence electrons. The maximum absolute atomic E-state index is 13.6. The molecule has 4 amide bonds. The first-order valence-corrected chi connectivity index (χ1v) is 13.2. The van der Waals surface area contributed by atoms with E-state index in [1.807, 2.05) is 29.3 Å². The van der Waals surface area contributed by atoms with Crippen molar-refractivity contribution in [2.75, 3.05) is 32.8 Å². The first-order valence-electron chi connectivity index (χ1n) is 12.4. The van der Waals surface area contributed by atoms with E-state index in [2.05, 4.69) is 5.32 Å². The van der Waals surface area contributed by atoms with E-state index in [1.54, 1.807) is 29.5 Å². The fourth-order valence-corrected chi connectivity index (χ4v) is 6.20. The van der Waals surface area contributed by atoms with Crippen LogP contribution >= 0.6 is 11.3 Å². The third-order valence-electron chi connectivity index (χ3n) is 7.28. The van der Waals surface area contributed by atoms with Gasteiger partial charge in [0.25, 0.3) is 11.8 Å². The number of thiophene rings is 1. The van der Waals surface area contributed by atoms with Crippen LogP contribution < -0.4 is 14.8 Å². The molecule has 0 radical (unpaired) electrons. The molecule has 0 saturated carbocycles. The Balaban J connectivity index is 1.25. The van der Waals surface area contributed by atoms with E-state index in [0.29, 0.717) is 75.6 Å². The topological polar surface area (TPSA) is 88.2 Å². The molecule has 3 aliphatic rings. The molecule has 2 fully saturated rings. The van der Waals surface area contributed by atoms with Gasteiger partial charge in [0.15, 0.2) is 11.5 Å². The van der Waals surface area contributed by atoms with Crippen LogP contribution in [0, 0.1) is 5.92 Å². The lowest BCUT2D eigenvalue weighted by Crippen LogP contribution is -2.56. The summed E-state index contributed by atoms with van der Waals surface area (Å²) < 4.78 is 11.2. The zero-order valence-electron chi connectivity index (χ0n) is 20.0. The molecule has 2 saturated heterocycles. The molecule has 0 bridgehead atoms. The standard InChI is InChI=1S/C26H31N3O5S/c1-2-10-26(24(31)29(25(32)27-26)13-9-20-4-3-16-35-20)19-7-11-28(12-8-19)23(30)18-5-6-21-22(17-18)34-15-14-33-21/h3-6,16-17,19H,2,7-15H2,1H3,(H,27,32). The number of urea groups is 1. The number of likely N-dealkylation sites (tertiary alicyclic amines) is 1. The van der Waals surface area contributed by atoms with Crippen LogP contribution in [0.2, 0.25) is 0 Å².